The summed E-state index contributed by atoms with van der Waals surface area (Å²) in [7, 11) is 1.13. The topological polar surface area (TPSA) is 127 Å². The molecule has 0 aliphatic carbocycles. The number of carbonyl (C=O) groups is 2. The quantitative estimate of drug-likeness (QED) is 0.256. The highest BCUT2D eigenvalue weighted by atomic mass is 16.6. The Morgan fingerprint density at radius 1 is 1.39 bits per heavy atom. The fourth-order valence-corrected chi connectivity index (χ4v) is 1.22. The Morgan fingerprint density at radius 2 is 1.94 bits per heavy atom. The fraction of sp³-hybridized carbons (Fsp3) is 0.800. The van der Waals surface area contributed by atoms with Gasteiger partial charge in [0, 0.05) is 11.5 Å². The third-order valence-electron chi connectivity index (χ3n) is 1.94. The van der Waals surface area contributed by atoms with Gasteiger partial charge >= 0.3 is 11.9 Å². The van der Waals surface area contributed by atoms with E-state index in [0.717, 1.165) is 7.11 Å². The summed E-state index contributed by atoms with van der Waals surface area (Å²) in [4.78, 5) is 26.0. The second-order valence-electron chi connectivity index (χ2n) is 4.54. The first-order chi connectivity index (χ1) is 8.26. The molecule has 2 unspecified atom stereocenters. The van der Waals surface area contributed by atoms with Crippen LogP contribution in [0.3, 0.4) is 0 Å². The van der Waals surface area contributed by atoms with Gasteiger partial charge in [0.2, 0.25) is 0 Å². The third kappa shape index (κ3) is 5.03. The van der Waals surface area contributed by atoms with E-state index in [0.29, 0.717) is 0 Å². The second kappa shape index (κ2) is 6.83. The Balaban J connectivity index is 5.16. The van der Waals surface area contributed by atoms with Crippen molar-refractivity contribution < 1.29 is 19.1 Å². The zero-order chi connectivity index (χ0) is 14.3. The van der Waals surface area contributed by atoms with Crippen molar-refractivity contribution in [2.45, 2.75) is 32.4 Å². The predicted octanol–water partition coefficient (Wildman–Crippen LogP) is 0.755. The zero-order valence-electron chi connectivity index (χ0n) is 10.9. The van der Waals surface area contributed by atoms with Crippen LogP contribution in [0.1, 0.15) is 20.8 Å². The summed E-state index contributed by atoms with van der Waals surface area (Å²) in [5.41, 5.74) is 13.0. The highest BCUT2D eigenvalue weighted by Crippen LogP contribution is 2.17. The summed E-state index contributed by atoms with van der Waals surface area (Å²) in [5, 5.41) is 3.32. The van der Waals surface area contributed by atoms with E-state index in [4.69, 9.17) is 16.0 Å². The van der Waals surface area contributed by atoms with Crippen molar-refractivity contribution in [3.63, 3.8) is 0 Å². The van der Waals surface area contributed by atoms with Crippen LogP contribution in [0, 0.1) is 5.92 Å². The predicted molar refractivity (Wildman–Crippen MR) is 63.3 cm³/mol. The minimum atomic E-state index is -1.35. The first kappa shape index (κ1) is 16.2. The maximum Gasteiger partial charge on any atom is 0.321 e. The van der Waals surface area contributed by atoms with E-state index >= 15 is 0 Å². The summed E-state index contributed by atoms with van der Waals surface area (Å²) in [6.07, 6.45) is 0. The molecule has 0 fully saturated rings. The van der Waals surface area contributed by atoms with Gasteiger partial charge in [-0.3, -0.25) is 9.59 Å². The lowest BCUT2D eigenvalue weighted by atomic mass is 10.0. The van der Waals surface area contributed by atoms with Crippen LogP contribution in [0.25, 0.3) is 10.4 Å². The molecule has 0 rings (SSSR count). The Morgan fingerprint density at radius 3 is 2.28 bits per heavy atom. The van der Waals surface area contributed by atoms with Crippen molar-refractivity contribution in [1.82, 2.24) is 0 Å². The van der Waals surface area contributed by atoms with Gasteiger partial charge in [0.05, 0.1) is 13.2 Å². The molecule has 0 bridgehead atoms. The van der Waals surface area contributed by atoms with E-state index in [1.165, 1.54) is 0 Å². The van der Waals surface area contributed by atoms with E-state index in [2.05, 4.69) is 14.8 Å². The number of nitrogens with two attached hydrogens (primary N) is 1. The summed E-state index contributed by atoms with van der Waals surface area (Å²) in [6, 6.07) is -1.03. The number of ether oxygens (including phenoxy) is 2. The minimum Gasteiger partial charge on any atom is -0.468 e. The lowest BCUT2D eigenvalue weighted by Gasteiger charge is -2.25. The van der Waals surface area contributed by atoms with Crippen LogP contribution in [-0.2, 0) is 19.1 Å². The van der Waals surface area contributed by atoms with Crippen molar-refractivity contribution in [1.29, 1.82) is 0 Å². The van der Waals surface area contributed by atoms with Crippen molar-refractivity contribution in [3.8, 4) is 0 Å². The number of hydrogen-bond acceptors (Lipinski definition) is 6. The van der Waals surface area contributed by atoms with Crippen LogP contribution in [0.2, 0.25) is 0 Å². The molecule has 0 spiro atoms. The average Bonchev–Trinajstić information content (AvgIpc) is 2.25. The summed E-state index contributed by atoms with van der Waals surface area (Å²) in [5.74, 6) is -3.01. The van der Waals surface area contributed by atoms with Gasteiger partial charge in [0.1, 0.15) is 5.60 Å². The standard InChI is InChI=1S/C10H18N4O4/c1-10(2,3)18-9(16)7(8(15)17-4)6(5-11)13-14-12/h6-7H,5,11H2,1-4H3. The number of methoxy groups -OCH3 is 1. The number of carbonyl (C=O) groups excluding carboxylic acids is 2. The maximum atomic E-state index is 11.9. The summed E-state index contributed by atoms with van der Waals surface area (Å²) in [6.45, 7) is 4.81. The van der Waals surface area contributed by atoms with Crippen molar-refractivity contribution in [3.05, 3.63) is 10.4 Å². The molecule has 8 heteroatoms. The fourth-order valence-electron chi connectivity index (χ4n) is 1.22. The van der Waals surface area contributed by atoms with Gasteiger partial charge in [-0.15, -0.1) is 0 Å². The van der Waals surface area contributed by atoms with E-state index in [-0.39, 0.29) is 6.54 Å². The summed E-state index contributed by atoms with van der Waals surface area (Å²) < 4.78 is 9.57. The molecular weight excluding hydrogens is 240 g/mol. The number of hydrogen-bond donors (Lipinski definition) is 1. The Bertz CT molecular complexity index is 357. The second-order valence-corrected chi connectivity index (χ2v) is 4.54. The number of nitrogens with zero attached hydrogens (tertiary/aromatic N) is 3. The molecule has 0 aliphatic heterocycles. The summed E-state index contributed by atoms with van der Waals surface area (Å²) >= 11 is 0. The molecule has 2 N–H and O–H groups in total. The van der Waals surface area contributed by atoms with Crippen molar-refractivity contribution in [2.24, 2.45) is 16.8 Å². The van der Waals surface area contributed by atoms with E-state index in [1.54, 1.807) is 20.8 Å². The van der Waals surface area contributed by atoms with Gasteiger partial charge in [-0.05, 0) is 26.3 Å². The zero-order valence-corrected chi connectivity index (χ0v) is 10.9. The first-order valence-electron chi connectivity index (χ1n) is 5.31. The molecule has 2 atom stereocenters. The number of azide groups is 1. The first-order valence-corrected chi connectivity index (χ1v) is 5.31. The third-order valence-corrected chi connectivity index (χ3v) is 1.94. The van der Waals surface area contributed by atoms with Gasteiger partial charge in [0.25, 0.3) is 0 Å². The van der Waals surface area contributed by atoms with Crippen LogP contribution in [0.5, 0.6) is 0 Å². The van der Waals surface area contributed by atoms with Crippen LogP contribution in [-0.4, -0.2) is 37.2 Å². The molecule has 102 valence electrons. The van der Waals surface area contributed by atoms with Gasteiger partial charge in [0.15, 0.2) is 5.92 Å². The molecule has 0 saturated heterocycles. The largest absolute Gasteiger partial charge is 0.468 e. The Labute approximate surface area is 105 Å². The molecule has 0 aromatic rings. The van der Waals surface area contributed by atoms with Crippen molar-refractivity contribution in [2.75, 3.05) is 13.7 Å². The molecule has 0 aromatic heterocycles. The van der Waals surface area contributed by atoms with E-state index in [9.17, 15) is 9.59 Å². The van der Waals surface area contributed by atoms with Gasteiger partial charge in [-0.2, -0.15) is 0 Å². The van der Waals surface area contributed by atoms with Gasteiger partial charge in [-0.1, -0.05) is 5.11 Å². The molecule has 8 nitrogen and oxygen atoms in total. The van der Waals surface area contributed by atoms with E-state index in [1.807, 2.05) is 0 Å². The Kier molecular flexibility index (Phi) is 6.15. The molecule has 18 heavy (non-hydrogen) atoms. The Hall–Kier alpha value is -1.79. The minimum absolute atomic E-state index is 0.164. The van der Waals surface area contributed by atoms with Gasteiger partial charge in [-0.25, -0.2) is 0 Å². The van der Waals surface area contributed by atoms with Crippen LogP contribution in [0.4, 0.5) is 0 Å². The molecule has 0 amide bonds. The molecule has 0 radical (unpaired) electrons. The van der Waals surface area contributed by atoms with Crippen LogP contribution >= 0.6 is 0 Å². The average molecular weight is 258 g/mol. The molecule has 0 aliphatic rings. The molecule has 0 saturated carbocycles. The monoisotopic (exact) mass is 258 g/mol. The van der Waals surface area contributed by atoms with Gasteiger partial charge < -0.3 is 15.2 Å². The highest BCUT2D eigenvalue weighted by molar-refractivity contribution is 5.96. The van der Waals surface area contributed by atoms with Crippen molar-refractivity contribution >= 4 is 11.9 Å². The molecule has 0 aromatic carbocycles. The van der Waals surface area contributed by atoms with E-state index < -0.39 is 29.5 Å². The highest BCUT2D eigenvalue weighted by Gasteiger charge is 2.38. The smallest absolute Gasteiger partial charge is 0.321 e. The number of esters is 2. The number of rotatable bonds is 5. The van der Waals surface area contributed by atoms with Crippen LogP contribution < -0.4 is 5.73 Å². The van der Waals surface area contributed by atoms with Crippen LogP contribution in [0.15, 0.2) is 5.11 Å². The lowest BCUT2D eigenvalue weighted by Crippen LogP contribution is -2.42. The molecular formula is C10H18N4O4. The maximum absolute atomic E-state index is 11.9. The SMILES string of the molecule is COC(=O)C(C(=O)OC(C)(C)C)C(CN)N=[N+]=[N-]. The normalized spacial score (nSPS) is 14.1. The molecule has 0 heterocycles. The lowest BCUT2D eigenvalue weighted by molar-refractivity contribution is -0.168.